The van der Waals surface area contributed by atoms with Crippen LogP contribution in [0.4, 0.5) is 37.8 Å². The topological polar surface area (TPSA) is 146 Å². The minimum Gasteiger partial charge on any atom is -0.478 e. The first-order valence-corrected chi connectivity index (χ1v) is 13.8. The van der Waals surface area contributed by atoms with E-state index in [4.69, 9.17) is 10.2 Å². The largest absolute Gasteiger partial charge is 0.478 e. The second-order valence-electron chi connectivity index (χ2n) is 10.3. The van der Waals surface area contributed by atoms with E-state index in [9.17, 15) is 45.5 Å². The van der Waals surface area contributed by atoms with Crippen LogP contribution < -0.4 is 10.6 Å². The fraction of sp³-hybridized carbons (Fsp3) is 0.0294. The number of carbonyl (C=O) groups is 4. The van der Waals surface area contributed by atoms with E-state index in [0.29, 0.717) is 29.3 Å². The summed E-state index contributed by atoms with van der Waals surface area (Å²) >= 11 is 0. The predicted octanol–water partition coefficient (Wildman–Crippen LogP) is 7.75. The minimum absolute atomic E-state index is 0.153. The smallest absolute Gasteiger partial charge is 0.417 e. The summed E-state index contributed by atoms with van der Waals surface area (Å²) in [6, 6.07) is 15.0. The summed E-state index contributed by atoms with van der Waals surface area (Å²) in [6.45, 7) is 0. The van der Waals surface area contributed by atoms with Gasteiger partial charge in [0.15, 0.2) is 11.6 Å². The lowest BCUT2D eigenvalue weighted by atomic mass is 9.94. The molecule has 2 amide bonds. The third-order valence-electron chi connectivity index (χ3n) is 7.10. The molecular formula is C34H19F6N3O6. The molecule has 0 radical (unpaired) electrons. The van der Waals surface area contributed by atoms with Crippen LogP contribution >= 0.6 is 0 Å². The highest BCUT2D eigenvalue weighted by molar-refractivity contribution is 6.09. The molecule has 0 atom stereocenters. The Morgan fingerprint density at radius 3 is 1.88 bits per heavy atom. The molecule has 0 saturated carbocycles. The summed E-state index contributed by atoms with van der Waals surface area (Å²) in [5.41, 5.74) is -2.84. The molecule has 0 fully saturated rings. The number of rotatable bonds is 8. The standard InChI is InChI=1S/C34H19F6N3O6/c35-20-6-8-22(24(13-20)30(44)43-29-28(37)12-19(15-41-29)32(46)47)17-3-1-16(2-4-17)18-5-10-26(34(38,39)40)25(11-18)31(45)42-21-7-9-23(33(48)49)27(36)14-21/h1-15H,(H,42,45)(H,46,47)(H,48,49)(H,41,43,44). The number of alkyl halides is 3. The van der Waals surface area contributed by atoms with Crippen LogP contribution in [-0.2, 0) is 6.18 Å². The molecule has 1 heterocycles. The SMILES string of the molecule is O=C(O)c1cnc(NC(=O)c2cc(F)ccc2-c2ccc(-c3ccc(C(F)(F)F)c(C(=O)Nc4ccc(C(=O)O)c(F)c4)c3)cc2)c(F)c1. The third kappa shape index (κ3) is 7.40. The number of amides is 2. The van der Waals surface area contributed by atoms with E-state index < -0.39 is 75.5 Å². The van der Waals surface area contributed by atoms with Gasteiger partial charge in [0, 0.05) is 11.9 Å². The first-order chi connectivity index (χ1) is 23.1. The number of nitrogens with one attached hydrogen (secondary N) is 2. The van der Waals surface area contributed by atoms with Crippen molar-refractivity contribution in [1.29, 1.82) is 0 Å². The number of halogens is 6. The first-order valence-electron chi connectivity index (χ1n) is 13.8. The maximum absolute atomic E-state index is 14.4. The number of pyridine rings is 1. The van der Waals surface area contributed by atoms with Crippen molar-refractivity contribution in [3.63, 3.8) is 0 Å². The zero-order valence-corrected chi connectivity index (χ0v) is 24.4. The van der Waals surface area contributed by atoms with Gasteiger partial charge >= 0.3 is 18.1 Å². The molecule has 9 nitrogen and oxygen atoms in total. The van der Waals surface area contributed by atoms with Crippen LogP contribution in [-0.4, -0.2) is 39.0 Å². The highest BCUT2D eigenvalue weighted by Gasteiger charge is 2.35. The number of carboxylic acids is 2. The molecule has 49 heavy (non-hydrogen) atoms. The fourth-order valence-corrected chi connectivity index (χ4v) is 4.74. The van der Waals surface area contributed by atoms with Crippen molar-refractivity contribution in [2.45, 2.75) is 6.18 Å². The molecule has 0 aliphatic carbocycles. The highest BCUT2D eigenvalue weighted by Crippen LogP contribution is 2.36. The number of carboxylic acid groups (broad SMARTS) is 2. The van der Waals surface area contributed by atoms with E-state index in [-0.39, 0.29) is 22.4 Å². The van der Waals surface area contributed by atoms with Crippen LogP contribution in [0.25, 0.3) is 22.3 Å². The number of hydrogen-bond acceptors (Lipinski definition) is 5. The van der Waals surface area contributed by atoms with Crippen molar-refractivity contribution in [3.05, 3.63) is 136 Å². The second kappa shape index (κ2) is 13.3. The summed E-state index contributed by atoms with van der Waals surface area (Å²) in [7, 11) is 0. The molecule has 0 spiro atoms. The van der Waals surface area contributed by atoms with Gasteiger partial charge in [0.1, 0.15) is 11.6 Å². The number of aromatic nitrogens is 1. The number of benzene rings is 4. The molecule has 1 aromatic heterocycles. The molecule has 4 N–H and O–H groups in total. The van der Waals surface area contributed by atoms with Gasteiger partial charge in [-0.3, -0.25) is 9.59 Å². The summed E-state index contributed by atoms with van der Waals surface area (Å²) in [4.78, 5) is 51.7. The molecule has 5 rings (SSSR count). The first kappa shape index (κ1) is 33.8. The van der Waals surface area contributed by atoms with Crippen molar-refractivity contribution in [1.82, 2.24) is 4.98 Å². The van der Waals surface area contributed by atoms with Gasteiger partial charge in [-0.2, -0.15) is 13.2 Å². The Morgan fingerprint density at radius 1 is 0.612 bits per heavy atom. The Bertz CT molecular complexity index is 2150. The van der Waals surface area contributed by atoms with Gasteiger partial charge in [-0.25, -0.2) is 27.7 Å². The maximum atomic E-state index is 14.4. The van der Waals surface area contributed by atoms with Crippen molar-refractivity contribution in [2.75, 3.05) is 10.6 Å². The number of anilines is 2. The Balaban J connectivity index is 1.44. The number of aromatic carboxylic acids is 2. The molecule has 0 bridgehead atoms. The lowest BCUT2D eigenvalue weighted by Gasteiger charge is -2.15. The molecule has 5 aromatic rings. The highest BCUT2D eigenvalue weighted by atomic mass is 19.4. The van der Waals surface area contributed by atoms with Gasteiger partial charge < -0.3 is 20.8 Å². The van der Waals surface area contributed by atoms with Crippen LogP contribution in [0.2, 0.25) is 0 Å². The van der Waals surface area contributed by atoms with Gasteiger partial charge in [0.2, 0.25) is 0 Å². The lowest BCUT2D eigenvalue weighted by Crippen LogP contribution is -2.19. The molecule has 0 aliphatic rings. The minimum atomic E-state index is -4.95. The van der Waals surface area contributed by atoms with Crippen molar-refractivity contribution in [2.24, 2.45) is 0 Å². The summed E-state index contributed by atoms with van der Waals surface area (Å²) < 4.78 is 84.3. The number of nitrogens with zero attached hydrogens (tertiary/aromatic N) is 1. The van der Waals surface area contributed by atoms with E-state index in [1.54, 1.807) is 0 Å². The van der Waals surface area contributed by atoms with Gasteiger partial charge in [0.05, 0.1) is 27.8 Å². The van der Waals surface area contributed by atoms with Crippen LogP contribution in [0.15, 0.2) is 91.1 Å². The molecule has 4 aromatic carbocycles. The molecule has 0 saturated heterocycles. The maximum Gasteiger partial charge on any atom is 0.417 e. The van der Waals surface area contributed by atoms with Gasteiger partial charge in [-0.05, 0) is 70.8 Å². The van der Waals surface area contributed by atoms with Crippen LogP contribution in [0.1, 0.15) is 47.0 Å². The summed E-state index contributed by atoms with van der Waals surface area (Å²) in [5.74, 6) is -9.04. The van der Waals surface area contributed by atoms with Gasteiger partial charge in [-0.15, -0.1) is 0 Å². The van der Waals surface area contributed by atoms with E-state index in [2.05, 4.69) is 15.6 Å². The fourth-order valence-electron chi connectivity index (χ4n) is 4.74. The average molecular weight is 680 g/mol. The molecule has 0 aliphatic heterocycles. The zero-order valence-electron chi connectivity index (χ0n) is 24.4. The summed E-state index contributed by atoms with van der Waals surface area (Å²) in [5, 5.41) is 22.3. The Kier molecular flexibility index (Phi) is 9.19. The number of hydrogen-bond donors (Lipinski definition) is 4. The van der Waals surface area contributed by atoms with Crippen LogP contribution in [0.5, 0.6) is 0 Å². The number of carbonyl (C=O) groups excluding carboxylic acids is 2. The summed E-state index contributed by atoms with van der Waals surface area (Å²) in [6.07, 6.45) is -4.13. The lowest BCUT2D eigenvalue weighted by molar-refractivity contribution is -0.137. The monoisotopic (exact) mass is 679 g/mol. The molecule has 248 valence electrons. The Labute approximate surface area is 271 Å². The Morgan fingerprint density at radius 2 is 1.27 bits per heavy atom. The van der Waals surface area contributed by atoms with Crippen LogP contribution in [0.3, 0.4) is 0 Å². The Hall–Kier alpha value is -6.51. The second-order valence-corrected chi connectivity index (χ2v) is 10.3. The van der Waals surface area contributed by atoms with E-state index in [1.807, 2.05) is 0 Å². The third-order valence-corrected chi connectivity index (χ3v) is 7.10. The van der Waals surface area contributed by atoms with Crippen LogP contribution in [0, 0.1) is 17.5 Å². The van der Waals surface area contributed by atoms with Crippen molar-refractivity contribution >= 4 is 35.3 Å². The molecular weight excluding hydrogens is 660 g/mol. The van der Waals surface area contributed by atoms with E-state index >= 15 is 0 Å². The predicted molar refractivity (Wildman–Crippen MR) is 163 cm³/mol. The van der Waals surface area contributed by atoms with Crippen molar-refractivity contribution in [3.8, 4) is 22.3 Å². The van der Waals surface area contributed by atoms with E-state index in [0.717, 1.165) is 42.6 Å². The quantitative estimate of drug-likeness (QED) is 0.123. The normalized spacial score (nSPS) is 11.1. The van der Waals surface area contributed by atoms with Gasteiger partial charge in [-0.1, -0.05) is 36.4 Å². The van der Waals surface area contributed by atoms with Crippen molar-refractivity contribution < 1.29 is 55.7 Å². The zero-order chi connectivity index (χ0) is 35.6. The molecule has 15 heteroatoms. The average Bonchev–Trinajstić information content (AvgIpc) is 3.04. The van der Waals surface area contributed by atoms with Gasteiger partial charge in [0.25, 0.3) is 11.8 Å². The molecule has 0 unspecified atom stereocenters. The van der Waals surface area contributed by atoms with E-state index in [1.165, 1.54) is 30.3 Å².